The quantitative estimate of drug-likeness (QED) is 0.632. The molecule has 24 heavy (non-hydrogen) atoms. The van der Waals surface area contributed by atoms with Crippen LogP contribution in [-0.4, -0.2) is 22.5 Å². The SMILES string of the molecule is O=C(NCCCc1ccccc1)c1c(O)c2ccccc2[nH]c1=O. The Labute approximate surface area is 139 Å². The normalized spacial score (nSPS) is 10.7. The maximum atomic E-state index is 12.3. The maximum absolute atomic E-state index is 12.3. The van der Waals surface area contributed by atoms with Crippen molar-refractivity contribution in [3.63, 3.8) is 0 Å². The second-order valence-corrected chi connectivity index (χ2v) is 5.57. The summed E-state index contributed by atoms with van der Waals surface area (Å²) in [6.45, 7) is 0.430. The summed E-state index contributed by atoms with van der Waals surface area (Å²) in [5, 5.41) is 13.4. The van der Waals surface area contributed by atoms with Crippen molar-refractivity contribution in [1.29, 1.82) is 0 Å². The zero-order valence-corrected chi connectivity index (χ0v) is 13.1. The van der Waals surface area contributed by atoms with Crippen LogP contribution in [0.4, 0.5) is 0 Å². The number of aromatic nitrogens is 1. The highest BCUT2D eigenvalue weighted by molar-refractivity contribution is 6.01. The van der Waals surface area contributed by atoms with E-state index in [9.17, 15) is 14.7 Å². The van der Waals surface area contributed by atoms with Crippen molar-refractivity contribution < 1.29 is 9.90 Å². The van der Waals surface area contributed by atoms with Gasteiger partial charge in [0.05, 0.1) is 5.52 Å². The Balaban J connectivity index is 1.69. The summed E-state index contributed by atoms with van der Waals surface area (Å²) >= 11 is 0. The maximum Gasteiger partial charge on any atom is 0.265 e. The lowest BCUT2D eigenvalue weighted by molar-refractivity contribution is 0.0949. The Bertz CT molecular complexity index is 917. The number of carbonyl (C=O) groups excluding carboxylic acids is 1. The Hall–Kier alpha value is -3.08. The summed E-state index contributed by atoms with van der Waals surface area (Å²) in [7, 11) is 0. The third kappa shape index (κ3) is 3.30. The van der Waals surface area contributed by atoms with Crippen LogP contribution in [0.25, 0.3) is 10.9 Å². The lowest BCUT2D eigenvalue weighted by atomic mass is 10.1. The van der Waals surface area contributed by atoms with Gasteiger partial charge in [-0.05, 0) is 30.5 Å². The van der Waals surface area contributed by atoms with E-state index in [0.717, 1.165) is 12.8 Å². The van der Waals surface area contributed by atoms with Crippen molar-refractivity contribution in [3.05, 3.63) is 76.1 Å². The van der Waals surface area contributed by atoms with E-state index in [4.69, 9.17) is 0 Å². The lowest BCUT2D eigenvalue weighted by Gasteiger charge is -2.08. The number of carbonyl (C=O) groups is 1. The first kappa shape index (κ1) is 15.8. The number of pyridine rings is 1. The fraction of sp³-hybridized carbons (Fsp3) is 0.158. The van der Waals surface area contributed by atoms with Crippen LogP contribution in [0.15, 0.2) is 59.4 Å². The molecule has 0 saturated heterocycles. The van der Waals surface area contributed by atoms with Gasteiger partial charge in [-0.1, -0.05) is 42.5 Å². The van der Waals surface area contributed by atoms with Gasteiger partial charge in [-0.25, -0.2) is 0 Å². The molecule has 0 spiro atoms. The molecule has 0 bridgehead atoms. The Morgan fingerprint density at radius 1 is 1.04 bits per heavy atom. The van der Waals surface area contributed by atoms with Crippen molar-refractivity contribution >= 4 is 16.8 Å². The fourth-order valence-electron chi connectivity index (χ4n) is 2.66. The summed E-state index contributed by atoms with van der Waals surface area (Å²) in [6, 6.07) is 16.8. The molecule has 5 nitrogen and oxygen atoms in total. The average molecular weight is 322 g/mol. The van der Waals surface area contributed by atoms with Crippen LogP contribution >= 0.6 is 0 Å². The van der Waals surface area contributed by atoms with E-state index in [-0.39, 0.29) is 11.3 Å². The first-order chi connectivity index (χ1) is 11.7. The van der Waals surface area contributed by atoms with Gasteiger partial charge < -0.3 is 15.4 Å². The highest BCUT2D eigenvalue weighted by atomic mass is 16.3. The van der Waals surface area contributed by atoms with Gasteiger partial charge in [0, 0.05) is 11.9 Å². The number of rotatable bonds is 5. The molecule has 0 unspecified atom stereocenters. The third-order valence-electron chi connectivity index (χ3n) is 3.89. The summed E-state index contributed by atoms with van der Waals surface area (Å²) < 4.78 is 0. The predicted octanol–water partition coefficient (Wildman–Crippen LogP) is 2.60. The van der Waals surface area contributed by atoms with Gasteiger partial charge in [0.15, 0.2) is 0 Å². The minimum atomic E-state index is -0.591. The zero-order chi connectivity index (χ0) is 16.9. The summed E-state index contributed by atoms with van der Waals surface area (Å²) in [5.74, 6) is -0.845. The van der Waals surface area contributed by atoms with Crippen LogP contribution in [0.2, 0.25) is 0 Å². The minimum absolute atomic E-state index is 0.242. The van der Waals surface area contributed by atoms with E-state index in [1.165, 1.54) is 5.56 Å². The first-order valence-electron chi connectivity index (χ1n) is 7.83. The number of hydrogen-bond acceptors (Lipinski definition) is 3. The molecule has 0 aliphatic heterocycles. The molecular formula is C19H18N2O3. The van der Waals surface area contributed by atoms with Crippen molar-refractivity contribution in [3.8, 4) is 5.75 Å². The van der Waals surface area contributed by atoms with E-state index in [1.54, 1.807) is 24.3 Å². The number of benzene rings is 2. The second kappa shape index (κ2) is 7.00. The number of para-hydroxylation sites is 1. The number of hydrogen-bond donors (Lipinski definition) is 3. The third-order valence-corrected chi connectivity index (χ3v) is 3.89. The van der Waals surface area contributed by atoms with Crippen LogP contribution in [0.1, 0.15) is 22.3 Å². The number of aromatic amines is 1. The van der Waals surface area contributed by atoms with Crippen LogP contribution in [0, 0.1) is 0 Å². The molecule has 3 N–H and O–H groups in total. The van der Waals surface area contributed by atoms with E-state index in [0.29, 0.717) is 17.4 Å². The molecule has 3 rings (SSSR count). The molecular weight excluding hydrogens is 304 g/mol. The van der Waals surface area contributed by atoms with Crippen molar-refractivity contribution in [2.75, 3.05) is 6.54 Å². The molecule has 122 valence electrons. The summed E-state index contributed by atoms with van der Waals surface area (Å²) in [6.07, 6.45) is 1.59. The zero-order valence-electron chi connectivity index (χ0n) is 13.1. The van der Waals surface area contributed by atoms with E-state index in [2.05, 4.69) is 10.3 Å². The molecule has 1 aromatic heterocycles. The number of aryl methyl sites for hydroxylation is 1. The van der Waals surface area contributed by atoms with Crippen molar-refractivity contribution in [2.45, 2.75) is 12.8 Å². The lowest BCUT2D eigenvalue weighted by Crippen LogP contribution is -2.30. The van der Waals surface area contributed by atoms with E-state index >= 15 is 0 Å². The van der Waals surface area contributed by atoms with Crippen LogP contribution in [0.5, 0.6) is 5.75 Å². The Kier molecular flexibility index (Phi) is 4.61. The molecule has 1 heterocycles. The Morgan fingerprint density at radius 2 is 1.75 bits per heavy atom. The van der Waals surface area contributed by atoms with Gasteiger partial charge >= 0.3 is 0 Å². The van der Waals surface area contributed by atoms with Gasteiger partial charge in [-0.3, -0.25) is 9.59 Å². The fourth-order valence-corrected chi connectivity index (χ4v) is 2.66. The molecule has 0 fully saturated rings. The van der Waals surface area contributed by atoms with E-state index < -0.39 is 11.5 Å². The summed E-state index contributed by atoms with van der Waals surface area (Å²) in [4.78, 5) is 26.9. The van der Waals surface area contributed by atoms with Crippen molar-refractivity contribution in [2.24, 2.45) is 0 Å². The molecule has 2 aromatic carbocycles. The largest absolute Gasteiger partial charge is 0.506 e. The minimum Gasteiger partial charge on any atom is -0.506 e. The number of amides is 1. The first-order valence-corrected chi connectivity index (χ1v) is 7.83. The standard InChI is InChI=1S/C19H18N2O3/c22-17-14-10-4-5-11-15(14)21-19(24)16(17)18(23)20-12-6-9-13-7-2-1-3-8-13/h1-5,7-8,10-11H,6,9,12H2,(H,20,23)(H2,21,22,24). The van der Waals surface area contributed by atoms with Crippen molar-refractivity contribution in [1.82, 2.24) is 10.3 Å². The summed E-state index contributed by atoms with van der Waals surface area (Å²) in [5.41, 5.74) is 0.860. The number of fused-ring (bicyclic) bond motifs is 1. The van der Waals surface area contributed by atoms with Gasteiger partial charge in [-0.2, -0.15) is 0 Å². The highest BCUT2D eigenvalue weighted by Crippen LogP contribution is 2.24. The Morgan fingerprint density at radius 3 is 2.54 bits per heavy atom. The van der Waals surface area contributed by atoms with Gasteiger partial charge in [0.1, 0.15) is 11.3 Å². The predicted molar refractivity (Wildman–Crippen MR) is 93.3 cm³/mol. The molecule has 0 atom stereocenters. The van der Waals surface area contributed by atoms with Crippen LogP contribution in [0.3, 0.4) is 0 Å². The smallest absolute Gasteiger partial charge is 0.265 e. The number of nitrogens with one attached hydrogen (secondary N) is 2. The topological polar surface area (TPSA) is 82.2 Å². The highest BCUT2D eigenvalue weighted by Gasteiger charge is 2.18. The number of aromatic hydroxyl groups is 1. The van der Waals surface area contributed by atoms with Crippen LogP contribution < -0.4 is 10.9 Å². The van der Waals surface area contributed by atoms with E-state index in [1.807, 2.05) is 30.3 Å². The molecule has 3 aromatic rings. The van der Waals surface area contributed by atoms with Crippen LogP contribution in [-0.2, 0) is 6.42 Å². The van der Waals surface area contributed by atoms with Gasteiger partial charge in [0.2, 0.25) is 0 Å². The number of H-pyrrole nitrogens is 1. The molecule has 0 aliphatic carbocycles. The second-order valence-electron chi connectivity index (χ2n) is 5.57. The van der Waals surface area contributed by atoms with Gasteiger partial charge in [0.25, 0.3) is 11.5 Å². The molecule has 1 amide bonds. The molecule has 0 saturated carbocycles. The molecule has 0 radical (unpaired) electrons. The molecule has 0 aliphatic rings. The molecule has 5 heteroatoms. The average Bonchev–Trinajstić information content (AvgIpc) is 2.60. The monoisotopic (exact) mass is 322 g/mol. The van der Waals surface area contributed by atoms with Gasteiger partial charge in [-0.15, -0.1) is 0 Å².